The van der Waals surface area contributed by atoms with Crippen LogP contribution in [-0.4, -0.2) is 25.2 Å². The molecule has 0 fully saturated rings. The van der Waals surface area contributed by atoms with Crippen LogP contribution in [0.1, 0.15) is 27.2 Å². The number of hydrogen-bond acceptors (Lipinski definition) is 4. The highest BCUT2D eigenvalue weighted by atomic mass is 32.1. The molecule has 0 aliphatic heterocycles. The lowest BCUT2D eigenvalue weighted by Crippen LogP contribution is -2.34. The minimum absolute atomic E-state index is 0.00499. The number of aromatic nitrogens is 3. The van der Waals surface area contributed by atoms with Crippen molar-refractivity contribution in [3.63, 3.8) is 0 Å². The van der Waals surface area contributed by atoms with E-state index in [0.717, 1.165) is 15.7 Å². The highest BCUT2D eigenvalue weighted by molar-refractivity contribution is 7.09. The van der Waals surface area contributed by atoms with E-state index in [0.29, 0.717) is 27.4 Å². The lowest BCUT2D eigenvalue weighted by molar-refractivity contribution is 0.0686. The zero-order valence-corrected chi connectivity index (χ0v) is 18.5. The molecule has 0 atom stereocenters. The molecule has 0 spiro atoms. The fraction of sp³-hybridized carbons (Fsp3) is 0.125. The number of carboxylic acid groups (broad SMARTS) is 1. The van der Waals surface area contributed by atoms with Crippen LogP contribution >= 0.6 is 11.3 Å². The number of carboxylic acids is 1. The molecular weight excluding hydrogens is 445 g/mol. The summed E-state index contributed by atoms with van der Waals surface area (Å²) in [6, 6.07) is 9.64. The van der Waals surface area contributed by atoms with Crippen LogP contribution in [0, 0.1) is 19.7 Å². The zero-order valence-electron chi connectivity index (χ0n) is 17.7. The molecule has 5 rings (SSSR count). The highest BCUT2D eigenvalue weighted by Gasteiger charge is 2.27. The summed E-state index contributed by atoms with van der Waals surface area (Å²) in [7, 11) is 0. The van der Waals surface area contributed by atoms with Crippen LogP contribution in [0.3, 0.4) is 0 Å². The Balaban J connectivity index is 1.91. The van der Waals surface area contributed by atoms with Crippen molar-refractivity contribution < 1.29 is 14.3 Å². The number of aryl methyl sites for hydroxylation is 2. The number of halogens is 1. The van der Waals surface area contributed by atoms with Crippen LogP contribution in [0.5, 0.6) is 0 Å². The fourth-order valence-corrected chi connectivity index (χ4v) is 4.94. The van der Waals surface area contributed by atoms with Gasteiger partial charge in [-0.3, -0.25) is 4.79 Å². The largest absolute Gasteiger partial charge is 0.477 e. The number of aromatic carboxylic acids is 1. The number of thiophene rings is 1. The molecule has 0 saturated heterocycles. The Morgan fingerprint density at radius 3 is 2.64 bits per heavy atom. The molecule has 0 unspecified atom stereocenters. The average Bonchev–Trinajstić information content (AvgIpc) is 3.34. The van der Waals surface area contributed by atoms with E-state index in [1.165, 1.54) is 28.0 Å². The van der Waals surface area contributed by atoms with Crippen LogP contribution in [0.25, 0.3) is 27.5 Å². The molecule has 0 aliphatic carbocycles. The number of nitrogens with one attached hydrogen (secondary N) is 1. The second-order valence-corrected chi connectivity index (χ2v) is 8.69. The Kier molecular flexibility index (Phi) is 4.79. The standard InChI is InChI=1S/C24H18FN3O4S/c1-12-3-6-19-16(7-12)20(28-22(29)17-10-33-11-18(17)26-24(28)32)21(23(30)31)27(19)9-14-8-15(25)5-4-13(14)2/h3-8,10-11H,9H2,1-2H3,(H,26,32)(H,30,31). The van der Waals surface area contributed by atoms with Gasteiger partial charge in [-0.15, -0.1) is 11.3 Å². The number of H-pyrrole nitrogens is 1. The van der Waals surface area contributed by atoms with E-state index in [9.17, 15) is 23.9 Å². The number of fused-ring (bicyclic) bond motifs is 2. The number of carbonyl (C=O) groups is 1. The molecule has 3 aromatic heterocycles. The number of rotatable bonds is 4. The summed E-state index contributed by atoms with van der Waals surface area (Å²) in [6.07, 6.45) is 0. The third kappa shape index (κ3) is 3.28. The van der Waals surface area contributed by atoms with Crippen molar-refractivity contribution in [3.05, 3.63) is 96.2 Å². The Bertz CT molecular complexity index is 1710. The number of hydrogen-bond donors (Lipinski definition) is 2. The summed E-state index contributed by atoms with van der Waals surface area (Å²) in [5, 5.41) is 14.2. The van der Waals surface area contributed by atoms with Crippen molar-refractivity contribution in [2.75, 3.05) is 0 Å². The highest BCUT2D eigenvalue weighted by Crippen LogP contribution is 2.31. The van der Waals surface area contributed by atoms with Gasteiger partial charge in [0.1, 0.15) is 5.82 Å². The molecule has 7 nitrogen and oxygen atoms in total. The molecule has 0 aliphatic rings. The van der Waals surface area contributed by atoms with Crippen molar-refractivity contribution in [1.29, 1.82) is 0 Å². The predicted molar refractivity (Wildman–Crippen MR) is 125 cm³/mol. The Labute approximate surface area is 190 Å². The van der Waals surface area contributed by atoms with Crippen molar-refractivity contribution >= 4 is 39.1 Å². The maximum atomic E-state index is 14.0. The molecule has 0 radical (unpaired) electrons. The Hall–Kier alpha value is -3.98. The average molecular weight is 463 g/mol. The summed E-state index contributed by atoms with van der Waals surface area (Å²) in [4.78, 5) is 41.5. The normalized spacial score (nSPS) is 11.5. The summed E-state index contributed by atoms with van der Waals surface area (Å²) in [6.45, 7) is 3.70. The summed E-state index contributed by atoms with van der Waals surface area (Å²) >= 11 is 1.27. The molecule has 2 N–H and O–H groups in total. The van der Waals surface area contributed by atoms with Gasteiger partial charge in [0.2, 0.25) is 0 Å². The van der Waals surface area contributed by atoms with E-state index < -0.39 is 23.0 Å². The first-order valence-electron chi connectivity index (χ1n) is 10.1. The molecule has 0 bridgehead atoms. The van der Waals surface area contributed by atoms with Crippen molar-refractivity contribution in [1.82, 2.24) is 14.1 Å². The van der Waals surface area contributed by atoms with E-state index in [2.05, 4.69) is 4.98 Å². The number of aromatic amines is 1. The van der Waals surface area contributed by atoms with E-state index in [1.54, 1.807) is 29.0 Å². The molecule has 5 aromatic rings. The van der Waals surface area contributed by atoms with Crippen LogP contribution in [-0.2, 0) is 6.54 Å². The topological polar surface area (TPSA) is 97.1 Å². The van der Waals surface area contributed by atoms with Gasteiger partial charge in [-0.1, -0.05) is 17.7 Å². The molecule has 3 heterocycles. The molecular formula is C24H18FN3O4S. The van der Waals surface area contributed by atoms with E-state index in [4.69, 9.17) is 0 Å². The predicted octanol–water partition coefficient (Wildman–Crippen LogP) is 4.20. The minimum atomic E-state index is -1.30. The third-order valence-electron chi connectivity index (χ3n) is 5.80. The molecule has 2 aromatic carbocycles. The number of nitrogens with zero attached hydrogens (tertiary/aromatic N) is 2. The molecule has 9 heteroatoms. The van der Waals surface area contributed by atoms with Gasteiger partial charge in [-0.2, -0.15) is 0 Å². The zero-order chi connectivity index (χ0) is 23.4. The van der Waals surface area contributed by atoms with Crippen LogP contribution < -0.4 is 11.2 Å². The maximum Gasteiger partial charge on any atom is 0.354 e. The van der Waals surface area contributed by atoms with E-state index in [-0.39, 0.29) is 17.9 Å². The summed E-state index contributed by atoms with van der Waals surface area (Å²) < 4.78 is 16.4. The minimum Gasteiger partial charge on any atom is -0.477 e. The van der Waals surface area contributed by atoms with E-state index >= 15 is 0 Å². The Morgan fingerprint density at radius 1 is 1.09 bits per heavy atom. The van der Waals surface area contributed by atoms with Crippen molar-refractivity contribution in [3.8, 4) is 5.69 Å². The van der Waals surface area contributed by atoms with Gasteiger partial charge in [-0.05, 0) is 49.2 Å². The van der Waals surface area contributed by atoms with E-state index in [1.807, 2.05) is 19.9 Å². The van der Waals surface area contributed by atoms with Crippen molar-refractivity contribution in [2.45, 2.75) is 20.4 Å². The van der Waals surface area contributed by atoms with Crippen LogP contribution in [0.2, 0.25) is 0 Å². The quantitative estimate of drug-likeness (QED) is 0.418. The third-order valence-corrected chi connectivity index (χ3v) is 6.54. The smallest absolute Gasteiger partial charge is 0.354 e. The lowest BCUT2D eigenvalue weighted by Gasteiger charge is -2.12. The summed E-state index contributed by atoms with van der Waals surface area (Å²) in [5.74, 6) is -1.74. The van der Waals surface area contributed by atoms with Crippen molar-refractivity contribution in [2.24, 2.45) is 0 Å². The van der Waals surface area contributed by atoms with Gasteiger partial charge < -0.3 is 14.7 Å². The first-order chi connectivity index (χ1) is 15.8. The first-order valence-corrected chi connectivity index (χ1v) is 11.0. The first kappa shape index (κ1) is 20.9. The number of benzene rings is 2. The SMILES string of the molecule is Cc1ccc2c(c1)c(-n1c(=O)[nH]c3cscc3c1=O)c(C(=O)O)n2Cc1cc(F)ccc1C. The van der Waals surface area contributed by atoms with Gasteiger partial charge in [0.25, 0.3) is 5.56 Å². The lowest BCUT2D eigenvalue weighted by atomic mass is 10.1. The molecule has 0 saturated carbocycles. The monoisotopic (exact) mass is 463 g/mol. The summed E-state index contributed by atoms with van der Waals surface area (Å²) in [5.41, 5.74) is 1.59. The van der Waals surface area contributed by atoms with Gasteiger partial charge >= 0.3 is 11.7 Å². The van der Waals surface area contributed by atoms with Crippen LogP contribution in [0.4, 0.5) is 4.39 Å². The van der Waals surface area contributed by atoms with Gasteiger partial charge in [-0.25, -0.2) is 18.5 Å². The van der Waals surface area contributed by atoms with Crippen LogP contribution in [0.15, 0.2) is 56.7 Å². The van der Waals surface area contributed by atoms with Gasteiger partial charge in [0, 0.05) is 22.7 Å². The second kappa shape index (κ2) is 7.56. The van der Waals surface area contributed by atoms with Gasteiger partial charge in [0.15, 0.2) is 5.69 Å². The molecule has 166 valence electrons. The fourth-order valence-electron chi connectivity index (χ4n) is 4.19. The maximum absolute atomic E-state index is 14.0. The molecule has 33 heavy (non-hydrogen) atoms. The second-order valence-electron chi connectivity index (χ2n) is 7.95. The van der Waals surface area contributed by atoms with Gasteiger partial charge in [0.05, 0.1) is 22.1 Å². The Morgan fingerprint density at radius 2 is 1.88 bits per heavy atom. The molecule has 0 amide bonds.